The second-order valence-electron chi connectivity index (χ2n) is 15.2. The molecule has 53 heavy (non-hydrogen) atoms. The van der Waals surface area contributed by atoms with Crippen molar-refractivity contribution in [3.05, 3.63) is 77.9 Å². The molecule has 15 heteroatoms. The lowest BCUT2D eigenvalue weighted by Gasteiger charge is -2.30. The molecule has 3 heterocycles. The van der Waals surface area contributed by atoms with Crippen LogP contribution in [0.15, 0.2) is 71.6 Å². The van der Waals surface area contributed by atoms with Gasteiger partial charge in [0, 0.05) is 25.4 Å². The van der Waals surface area contributed by atoms with Crippen molar-refractivity contribution in [3.8, 4) is 0 Å². The SMILES string of the molecule is CC(C)(C)OC(=O)N[C@H]1CCCCCC=C[C@H]2C[C@@]2(C(=O)NS(=O)(=O)c2ccccc2)NC(=O)[C@@H]2C[C@@H](OC(=O)N3Cc4ccccc4C3)CN2C1=O. The maximum atomic E-state index is 14.4. The van der Waals surface area contributed by atoms with Crippen LogP contribution < -0.4 is 15.4 Å². The average Bonchev–Trinajstić information content (AvgIpc) is 3.40. The van der Waals surface area contributed by atoms with Crippen LogP contribution in [0.2, 0.25) is 0 Å². The number of allylic oxidation sites excluding steroid dienone is 1. The molecule has 0 unspecified atom stereocenters. The Kier molecular flexibility index (Phi) is 10.9. The lowest BCUT2D eigenvalue weighted by atomic mass is 10.0. The Balaban J connectivity index is 1.26. The molecule has 1 aliphatic carbocycles. The highest BCUT2D eigenvalue weighted by atomic mass is 32.2. The summed E-state index contributed by atoms with van der Waals surface area (Å²) in [6.07, 6.45) is 4.53. The number of carbonyl (C=O) groups excluding carboxylic acids is 5. The van der Waals surface area contributed by atoms with Crippen molar-refractivity contribution in [2.75, 3.05) is 6.54 Å². The van der Waals surface area contributed by atoms with Crippen molar-refractivity contribution >= 4 is 39.9 Å². The van der Waals surface area contributed by atoms with E-state index in [1.807, 2.05) is 36.4 Å². The molecule has 2 aromatic carbocycles. The molecule has 0 aromatic heterocycles. The first kappa shape index (κ1) is 37.8. The number of hydrogen-bond donors (Lipinski definition) is 3. The predicted octanol–water partition coefficient (Wildman–Crippen LogP) is 3.90. The highest BCUT2D eigenvalue weighted by molar-refractivity contribution is 7.90. The number of rotatable bonds is 5. The molecular weight excluding hydrogens is 703 g/mol. The number of nitrogens with zero attached hydrogens (tertiary/aromatic N) is 2. The van der Waals surface area contributed by atoms with Gasteiger partial charge in [0.2, 0.25) is 11.8 Å². The van der Waals surface area contributed by atoms with Gasteiger partial charge < -0.3 is 25.0 Å². The number of benzene rings is 2. The summed E-state index contributed by atoms with van der Waals surface area (Å²) in [5.41, 5.74) is -0.428. The van der Waals surface area contributed by atoms with Gasteiger partial charge in [-0.25, -0.2) is 22.7 Å². The normalized spacial score (nSPS) is 26.2. The molecule has 1 saturated heterocycles. The Morgan fingerprint density at radius 2 is 1.62 bits per heavy atom. The summed E-state index contributed by atoms with van der Waals surface area (Å²) in [5, 5.41) is 5.50. The van der Waals surface area contributed by atoms with Gasteiger partial charge in [-0.2, -0.15) is 0 Å². The molecule has 3 aliphatic heterocycles. The van der Waals surface area contributed by atoms with Crippen molar-refractivity contribution in [2.45, 2.75) is 113 Å². The smallest absolute Gasteiger partial charge is 0.410 e. The lowest BCUT2D eigenvalue weighted by molar-refractivity contribution is -0.141. The zero-order valence-corrected chi connectivity index (χ0v) is 31.0. The molecule has 2 aromatic rings. The van der Waals surface area contributed by atoms with Crippen LogP contribution in [-0.2, 0) is 47.0 Å². The van der Waals surface area contributed by atoms with E-state index < -0.39 is 75.2 Å². The van der Waals surface area contributed by atoms with Gasteiger partial charge in [-0.15, -0.1) is 0 Å². The van der Waals surface area contributed by atoms with E-state index in [9.17, 15) is 32.4 Å². The summed E-state index contributed by atoms with van der Waals surface area (Å²) in [6.45, 7) is 5.70. The van der Waals surface area contributed by atoms with Crippen LogP contribution in [0.4, 0.5) is 9.59 Å². The molecule has 2 fully saturated rings. The number of carbonyl (C=O) groups is 5. The van der Waals surface area contributed by atoms with Crippen molar-refractivity contribution in [1.82, 2.24) is 25.2 Å². The van der Waals surface area contributed by atoms with Crippen LogP contribution in [0.1, 0.15) is 76.8 Å². The number of nitrogens with one attached hydrogen (secondary N) is 3. The quantitative estimate of drug-likeness (QED) is 0.382. The second-order valence-corrected chi connectivity index (χ2v) is 16.8. The number of sulfonamides is 1. The first-order chi connectivity index (χ1) is 25.1. The van der Waals surface area contributed by atoms with E-state index in [1.165, 1.54) is 29.2 Å². The van der Waals surface area contributed by atoms with Crippen LogP contribution in [0.3, 0.4) is 0 Å². The van der Waals surface area contributed by atoms with E-state index in [0.717, 1.165) is 24.0 Å². The van der Waals surface area contributed by atoms with E-state index in [0.29, 0.717) is 25.9 Å². The first-order valence-corrected chi connectivity index (χ1v) is 19.6. The number of ether oxygens (including phenoxy) is 2. The van der Waals surface area contributed by atoms with Gasteiger partial charge in [-0.1, -0.05) is 67.5 Å². The molecule has 0 bridgehead atoms. The molecule has 284 valence electrons. The van der Waals surface area contributed by atoms with E-state index in [4.69, 9.17) is 9.47 Å². The number of amides is 5. The predicted molar refractivity (Wildman–Crippen MR) is 192 cm³/mol. The summed E-state index contributed by atoms with van der Waals surface area (Å²) in [6, 6.07) is 12.9. The third-order valence-electron chi connectivity index (χ3n) is 9.98. The number of fused-ring (bicyclic) bond motifs is 3. The molecule has 6 rings (SSSR count). The minimum Gasteiger partial charge on any atom is -0.444 e. The fraction of sp³-hybridized carbons (Fsp3) is 0.500. The molecule has 14 nitrogen and oxygen atoms in total. The molecule has 3 N–H and O–H groups in total. The highest BCUT2D eigenvalue weighted by Gasteiger charge is 2.61. The zero-order valence-electron chi connectivity index (χ0n) is 30.2. The van der Waals surface area contributed by atoms with Crippen LogP contribution in [0, 0.1) is 5.92 Å². The van der Waals surface area contributed by atoms with Crippen LogP contribution in [-0.4, -0.2) is 84.0 Å². The monoisotopic (exact) mass is 749 g/mol. The van der Waals surface area contributed by atoms with Crippen LogP contribution in [0.25, 0.3) is 0 Å². The van der Waals surface area contributed by atoms with Crippen molar-refractivity contribution in [3.63, 3.8) is 0 Å². The second kappa shape index (κ2) is 15.2. The Hall–Kier alpha value is -4.92. The molecule has 1 saturated carbocycles. The minimum atomic E-state index is -4.27. The maximum absolute atomic E-state index is 14.4. The molecular formula is C38H47N5O9S. The van der Waals surface area contributed by atoms with Gasteiger partial charge in [-0.3, -0.25) is 19.3 Å². The zero-order chi connectivity index (χ0) is 38.0. The largest absolute Gasteiger partial charge is 0.444 e. The molecule has 4 aliphatic rings. The van der Waals surface area contributed by atoms with Crippen molar-refractivity contribution in [2.24, 2.45) is 5.92 Å². The van der Waals surface area contributed by atoms with Gasteiger partial charge in [0.05, 0.1) is 11.4 Å². The summed E-state index contributed by atoms with van der Waals surface area (Å²) in [7, 11) is -4.27. The number of alkyl carbamates (subject to hydrolysis) is 1. The van der Waals surface area contributed by atoms with E-state index in [-0.39, 0.29) is 30.7 Å². The van der Waals surface area contributed by atoms with Crippen LogP contribution in [0.5, 0.6) is 0 Å². The first-order valence-electron chi connectivity index (χ1n) is 18.1. The Bertz CT molecular complexity index is 1850. The van der Waals surface area contributed by atoms with Gasteiger partial charge >= 0.3 is 12.2 Å². The van der Waals surface area contributed by atoms with E-state index in [1.54, 1.807) is 31.7 Å². The van der Waals surface area contributed by atoms with Gasteiger partial charge in [0.15, 0.2) is 0 Å². The Morgan fingerprint density at radius 3 is 2.30 bits per heavy atom. The van der Waals surface area contributed by atoms with Crippen LogP contribution >= 0.6 is 0 Å². The fourth-order valence-corrected chi connectivity index (χ4v) is 8.23. The Labute approximate surface area is 309 Å². The molecule has 0 radical (unpaired) electrons. The summed E-state index contributed by atoms with van der Waals surface area (Å²) >= 11 is 0. The summed E-state index contributed by atoms with van der Waals surface area (Å²) < 4.78 is 39.9. The van der Waals surface area contributed by atoms with E-state index >= 15 is 0 Å². The molecule has 5 atom stereocenters. The maximum Gasteiger partial charge on any atom is 0.410 e. The fourth-order valence-electron chi connectivity index (χ4n) is 7.17. The average molecular weight is 750 g/mol. The minimum absolute atomic E-state index is 0.0796. The topological polar surface area (TPSA) is 181 Å². The highest BCUT2D eigenvalue weighted by Crippen LogP contribution is 2.46. The van der Waals surface area contributed by atoms with Crippen molar-refractivity contribution in [1.29, 1.82) is 0 Å². The van der Waals surface area contributed by atoms with Gasteiger partial charge in [0.1, 0.15) is 29.3 Å². The number of hydrogen-bond acceptors (Lipinski definition) is 9. The third kappa shape index (κ3) is 8.83. The third-order valence-corrected chi connectivity index (χ3v) is 11.3. The van der Waals surface area contributed by atoms with Gasteiger partial charge in [0.25, 0.3) is 15.9 Å². The Morgan fingerprint density at radius 1 is 0.943 bits per heavy atom. The summed E-state index contributed by atoms with van der Waals surface area (Å²) in [4.78, 5) is 71.5. The van der Waals surface area contributed by atoms with E-state index in [2.05, 4.69) is 15.4 Å². The lowest BCUT2D eigenvalue weighted by Crippen LogP contribution is -2.58. The van der Waals surface area contributed by atoms with Gasteiger partial charge in [-0.05, 0) is 69.7 Å². The summed E-state index contributed by atoms with van der Waals surface area (Å²) in [5.74, 6) is -2.67. The molecule has 5 amide bonds. The van der Waals surface area contributed by atoms with Crippen molar-refractivity contribution < 1.29 is 41.9 Å². The standard InChI is InChI=1S/C38H47N5O9S/c1-37(2,3)52-35(47)39-30-19-11-6-4-5-8-16-27-21-38(27,34(46)41-53(49,50)29-17-9-7-10-18-29)40-32(44)31-20-28(24-43(31)33(30)45)51-36(48)42-22-25-14-12-13-15-26(25)23-42/h7-10,12-18,27-28,30-31H,4-6,11,19-24H2,1-3H3,(H,39,47)(H,40,44)(H,41,46)/t27-,28+,30-,31-,38+/m0/s1. The molecule has 0 spiro atoms.